The third kappa shape index (κ3) is 9.07. The molecule has 0 saturated heterocycles. The molecular weight excluding hydrogens is 463 g/mol. The van der Waals surface area contributed by atoms with Crippen LogP contribution in [0, 0.1) is 0 Å². The average molecular weight is 496 g/mol. The van der Waals surface area contributed by atoms with Crippen molar-refractivity contribution < 1.29 is 9.53 Å². The van der Waals surface area contributed by atoms with Crippen LogP contribution in [-0.2, 0) is 4.74 Å². The Morgan fingerprint density at radius 1 is 1.38 bits per heavy atom. The van der Waals surface area contributed by atoms with Gasteiger partial charge in [-0.15, -0.1) is 35.3 Å². The van der Waals surface area contributed by atoms with Gasteiger partial charge >= 0.3 is 6.09 Å². The van der Waals surface area contributed by atoms with Crippen molar-refractivity contribution in [1.29, 1.82) is 0 Å². The Balaban J connectivity index is 0.00000625. The van der Waals surface area contributed by atoms with Crippen LogP contribution in [0.1, 0.15) is 52.0 Å². The number of ether oxygens (including phenoxy) is 1. The van der Waals surface area contributed by atoms with Gasteiger partial charge in [0.1, 0.15) is 5.60 Å². The molecule has 1 rings (SSSR count). The summed E-state index contributed by atoms with van der Waals surface area (Å²) in [5.74, 6) is 0.757. The fraction of sp³-hybridized carbons (Fsp3) is 0.667. The van der Waals surface area contributed by atoms with Crippen LogP contribution < -0.4 is 10.6 Å². The molecule has 26 heavy (non-hydrogen) atoms. The van der Waals surface area contributed by atoms with Gasteiger partial charge in [0.25, 0.3) is 0 Å². The second-order valence-corrected chi connectivity index (χ2v) is 8.09. The molecule has 8 heteroatoms. The molecule has 0 radical (unpaired) electrons. The van der Waals surface area contributed by atoms with Gasteiger partial charge < -0.3 is 20.3 Å². The lowest BCUT2D eigenvalue weighted by molar-refractivity contribution is 0.0230. The van der Waals surface area contributed by atoms with Crippen molar-refractivity contribution in [2.75, 3.05) is 20.6 Å². The molecule has 0 fully saturated rings. The van der Waals surface area contributed by atoms with Crippen LogP contribution in [0.15, 0.2) is 22.5 Å². The molecule has 2 unspecified atom stereocenters. The van der Waals surface area contributed by atoms with Crippen molar-refractivity contribution in [2.24, 2.45) is 4.99 Å². The SMILES string of the molecule is CN=C(NCCC(C)N(C)C(=O)OC(C)(C)C)NC(C)c1cccs1.I. The summed E-state index contributed by atoms with van der Waals surface area (Å²) in [6.45, 7) is 10.4. The molecular formula is C18H33IN4O2S. The van der Waals surface area contributed by atoms with E-state index in [4.69, 9.17) is 4.74 Å². The first-order chi connectivity index (χ1) is 11.6. The van der Waals surface area contributed by atoms with Crippen molar-refractivity contribution in [2.45, 2.75) is 58.7 Å². The summed E-state index contributed by atoms with van der Waals surface area (Å²) in [6.07, 6.45) is 0.498. The highest BCUT2D eigenvalue weighted by Gasteiger charge is 2.22. The minimum Gasteiger partial charge on any atom is -0.444 e. The van der Waals surface area contributed by atoms with Crippen molar-refractivity contribution >= 4 is 47.4 Å². The Bertz CT molecular complexity index is 558. The van der Waals surface area contributed by atoms with E-state index in [1.54, 1.807) is 30.3 Å². The van der Waals surface area contributed by atoms with Gasteiger partial charge in [0, 0.05) is 31.6 Å². The molecule has 0 saturated carbocycles. The summed E-state index contributed by atoms with van der Waals surface area (Å²) in [5, 5.41) is 8.74. The normalized spacial score (nSPS) is 14.0. The van der Waals surface area contributed by atoms with Gasteiger partial charge in [0.05, 0.1) is 6.04 Å². The van der Waals surface area contributed by atoms with Crippen LogP contribution in [0.25, 0.3) is 0 Å². The Hall–Kier alpha value is -1.03. The summed E-state index contributed by atoms with van der Waals surface area (Å²) in [7, 11) is 3.53. The number of rotatable bonds is 6. The van der Waals surface area contributed by atoms with E-state index in [9.17, 15) is 4.79 Å². The fourth-order valence-electron chi connectivity index (χ4n) is 2.12. The van der Waals surface area contributed by atoms with E-state index < -0.39 is 5.60 Å². The molecule has 0 bridgehead atoms. The lowest BCUT2D eigenvalue weighted by atomic mass is 10.2. The van der Waals surface area contributed by atoms with Gasteiger partial charge in [0.15, 0.2) is 5.96 Å². The van der Waals surface area contributed by atoms with Gasteiger partial charge in [-0.25, -0.2) is 4.79 Å². The average Bonchev–Trinajstić information content (AvgIpc) is 3.05. The van der Waals surface area contributed by atoms with Crippen LogP contribution in [-0.4, -0.2) is 49.2 Å². The zero-order chi connectivity index (χ0) is 19.0. The van der Waals surface area contributed by atoms with Crippen molar-refractivity contribution in [1.82, 2.24) is 15.5 Å². The third-order valence-electron chi connectivity index (χ3n) is 3.74. The quantitative estimate of drug-likeness (QED) is 0.352. The maximum atomic E-state index is 12.1. The highest BCUT2D eigenvalue weighted by molar-refractivity contribution is 14.0. The minimum atomic E-state index is -0.479. The number of carbonyl (C=O) groups is 1. The van der Waals surface area contributed by atoms with Gasteiger partial charge in [-0.05, 0) is 52.5 Å². The van der Waals surface area contributed by atoms with E-state index in [0.717, 1.165) is 12.4 Å². The molecule has 0 aromatic carbocycles. The summed E-state index contributed by atoms with van der Waals surface area (Å²) in [4.78, 5) is 19.2. The number of halogens is 1. The first kappa shape index (κ1) is 25.0. The molecule has 150 valence electrons. The predicted octanol–water partition coefficient (Wildman–Crippen LogP) is 4.24. The Labute approximate surface area is 178 Å². The number of thiophene rings is 1. The van der Waals surface area contributed by atoms with E-state index in [1.807, 2.05) is 33.8 Å². The Morgan fingerprint density at radius 3 is 2.54 bits per heavy atom. The number of aliphatic imine (C=N–C) groups is 1. The highest BCUT2D eigenvalue weighted by atomic mass is 127. The van der Waals surface area contributed by atoms with Gasteiger partial charge in [-0.2, -0.15) is 0 Å². The first-order valence-corrected chi connectivity index (χ1v) is 9.48. The second-order valence-electron chi connectivity index (χ2n) is 7.11. The van der Waals surface area contributed by atoms with E-state index >= 15 is 0 Å². The largest absolute Gasteiger partial charge is 0.444 e. The molecule has 0 aliphatic carbocycles. The molecule has 6 nitrogen and oxygen atoms in total. The number of hydrogen-bond donors (Lipinski definition) is 2. The fourth-order valence-corrected chi connectivity index (χ4v) is 2.85. The lowest BCUT2D eigenvalue weighted by Gasteiger charge is -2.29. The molecule has 1 aromatic heterocycles. The van der Waals surface area contributed by atoms with Crippen molar-refractivity contribution in [3.8, 4) is 0 Å². The number of guanidine groups is 1. The van der Waals surface area contributed by atoms with E-state index in [0.29, 0.717) is 6.54 Å². The summed E-state index contributed by atoms with van der Waals surface area (Å²) in [6, 6.07) is 4.42. The molecule has 1 aromatic rings. The van der Waals surface area contributed by atoms with E-state index in [1.165, 1.54) is 4.88 Å². The predicted molar refractivity (Wildman–Crippen MR) is 121 cm³/mol. The molecule has 2 N–H and O–H groups in total. The van der Waals surface area contributed by atoms with E-state index in [-0.39, 0.29) is 42.2 Å². The Kier molecular flexibility index (Phi) is 11.2. The zero-order valence-electron chi connectivity index (χ0n) is 16.8. The van der Waals surface area contributed by atoms with Gasteiger partial charge in [-0.3, -0.25) is 4.99 Å². The zero-order valence-corrected chi connectivity index (χ0v) is 20.0. The van der Waals surface area contributed by atoms with Crippen molar-refractivity contribution in [3.05, 3.63) is 22.4 Å². The third-order valence-corrected chi connectivity index (χ3v) is 4.80. The number of nitrogens with one attached hydrogen (secondary N) is 2. The molecule has 1 heterocycles. The molecule has 0 spiro atoms. The smallest absolute Gasteiger partial charge is 0.410 e. The number of nitrogens with zero attached hydrogens (tertiary/aromatic N) is 2. The number of amides is 1. The highest BCUT2D eigenvalue weighted by Crippen LogP contribution is 2.17. The summed E-state index contributed by atoms with van der Waals surface area (Å²) in [5.41, 5.74) is -0.479. The van der Waals surface area contributed by atoms with Crippen LogP contribution in [0.5, 0.6) is 0 Å². The maximum absolute atomic E-state index is 12.1. The topological polar surface area (TPSA) is 66.0 Å². The number of hydrogen-bond acceptors (Lipinski definition) is 4. The summed E-state index contributed by atoms with van der Waals surface area (Å²) >= 11 is 1.72. The van der Waals surface area contributed by atoms with Crippen LogP contribution >= 0.6 is 35.3 Å². The lowest BCUT2D eigenvalue weighted by Crippen LogP contribution is -2.43. The van der Waals surface area contributed by atoms with E-state index in [2.05, 4.69) is 34.0 Å². The molecule has 0 aliphatic heterocycles. The van der Waals surface area contributed by atoms with Crippen molar-refractivity contribution in [3.63, 3.8) is 0 Å². The molecule has 1 amide bonds. The second kappa shape index (κ2) is 11.6. The van der Waals surface area contributed by atoms with Crippen LogP contribution in [0.3, 0.4) is 0 Å². The molecule has 0 aliphatic rings. The molecule has 2 atom stereocenters. The monoisotopic (exact) mass is 496 g/mol. The Morgan fingerprint density at radius 2 is 2.04 bits per heavy atom. The standard InChI is InChI=1S/C18H32N4O2S.HI/c1-13(22(7)17(23)24-18(3,4)5)10-11-20-16(19-6)21-14(2)15-9-8-12-25-15;/h8-9,12-14H,10-11H2,1-7H3,(H2,19,20,21);1H. The first-order valence-electron chi connectivity index (χ1n) is 8.60. The minimum absolute atomic E-state index is 0. The van der Waals surface area contributed by atoms with Crippen LogP contribution in [0.2, 0.25) is 0 Å². The maximum Gasteiger partial charge on any atom is 0.410 e. The van der Waals surface area contributed by atoms with Crippen LogP contribution in [0.4, 0.5) is 4.79 Å². The number of carbonyl (C=O) groups excluding carboxylic acids is 1. The van der Waals surface area contributed by atoms with Gasteiger partial charge in [-0.1, -0.05) is 6.07 Å². The van der Waals surface area contributed by atoms with Gasteiger partial charge in [0.2, 0.25) is 0 Å². The summed E-state index contributed by atoms with van der Waals surface area (Å²) < 4.78 is 5.39.